The number of fused-ring (bicyclic) bond motifs is 1. The van der Waals surface area contributed by atoms with Crippen molar-refractivity contribution in [3.63, 3.8) is 0 Å². The molecule has 3 aromatic rings. The summed E-state index contributed by atoms with van der Waals surface area (Å²) in [6, 6.07) is 7.46. The van der Waals surface area contributed by atoms with Gasteiger partial charge in [-0.1, -0.05) is 47.6 Å². The second-order valence-corrected chi connectivity index (χ2v) is 8.68. The molecule has 30 heavy (non-hydrogen) atoms. The summed E-state index contributed by atoms with van der Waals surface area (Å²) in [6.45, 7) is 2.19. The maximum atomic E-state index is 6.38. The largest absolute Gasteiger partial charge is 0.365 e. The van der Waals surface area contributed by atoms with Gasteiger partial charge in [0.1, 0.15) is 0 Å². The van der Waals surface area contributed by atoms with Gasteiger partial charge in [-0.2, -0.15) is 4.98 Å². The first-order valence-corrected chi connectivity index (χ1v) is 11.1. The lowest BCUT2D eigenvalue weighted by Gasteiger charge is -2.31. The number of benzene rings is 1. The molecule has 9 heteroatoms. The molecule has 1 aliphatic carbocycles. The van der Waals surface area contributed by atoms with Crippen molar-refractivity contribution in [3.8, 4) is 11.6 Å². The SMILES string of the molecule is Clc1ccc(Cl)c(CN2CCNc3nnc(-c4nc(C5CCCCC5)no4)cc32)c1. The molecule has 7 nitrogen and oxygen atoms in total. The van der Waals surface area contributed by atoms with Gasteiger partial charge in [0.15, 0.2) is 17.3 Å². The average Bonchev–Trinajstić information content (AvgIpc) is 3.27. The molecule has 1 aromatic carbocycles. The van der Waals surface area contributed by atoms with Crippen LogP contribution in [0.3, 0.4) is 0 Å². The summed E-state index contributed by atoms with van der Waals surface area (Å²) in [5.74, 6) is 2.31. The van der Waals surface area contributed by atoms with E-state index in [0.717, 1.165) is 48.8 Å². The molecular weight excluding hydrogens is 423 g/mol. The fourth-order valence-corrected chi connectivity index (χ4v) is 4.55. The maximum absolute atomic E-state index is 6.38. The highest BCUT2D eigenvalue weighted by Crippen LogP contribution is 2.34. The Kier molecular flexibility index (Phi) is 5.48. The number of nitrogens with zero attached hydrogens (tertiary/aromatic N) is 5. The molecule has 2 aliphatic rings. The molecule has 0 spiro atoms. The third kappa shape index (κ3) is 3.96. The first kappa shape index (κ1) is 19.6. The summed E-state index contributed by atoms with van der Waals surface area (Å²) in [6.07, 6.45) is 5.97. The number of nitrogens with one attached hydrogen (secondary N) is 1. The van der Waals surface area contributed by atoms with Crippen LogP contribution in [0, 0.1) is 0 Å². The minimum absolute atomic E-state index is 0.380. The Morgan fingerprint density at radius 1 is 1.10 bits per heavy atom. The predicted octanol–water partition coefficient (Wildman–Crippen LogP) is 5.31. The van der Waals surface area contributed by atoms with Crippen LogP contribution in [0.2, 0.25) is 10.0 Å². The fraction of sp³-hybridized carbons (Fsp3) is 0.429. The second-order valence-electron chi connectivity index (χ2n) is 7.84. The van der Waals surface area contributed by atoms with E-state index in [2.05, 4.69) is 30.6 Å². The van der Waals surface area contributed by atoms with E-state index in [0.29, 0.717) is 34.1 Å². The molecule has 0 atom stereocenters. The Labute approximate surface area is 184 Å². The monoisotopic (exact) mass is 444 g/mol. The van der Waals surface area contributed by atoms with Crippen LogP contribution in [0.15, 0.2) is 28.8 Å². The van der Waals surface area contributed by atoms with E-state index >= 15 is 0 Å². The summed E-state index contributed by atoms with van der Waals surface area (Å²) in [4.78, 5) is 6.84. The van der Waals surface area contributed by atoms with Crippen molar-refractivity contribution in [1.29, 1.82) is 0 Å². The van der Waals surface area contributed by atoms with Crippen LogP contribution in [-0.4, -0.2) is 33.4 Å². The van der Waals surface area contributed by atoms with Gasteiger partial charge in [-0.3, -0.25) is 0 Å². The molecule has 1 saturated carbocycles. The van der Waals surface area contributed by atoms with Crippen LogP contribution in [0.5, 0.6) is 0 Å². The smallest absolute Gasteiger partial charge is 0.278 e. The standard InChI is InChI=1S/C21H22Cl2N6O/c22-15-6-7-16(23)14(10-15)12-29-9-8-24-20-18(29)11-17(26-27-20)21-25-19(28-30-21)13-4-2-1-3-5-13/h6-7,10-11,13H,1-5,8-9,12H2,(H,24,27). The van der Waals surface area contributed by atoms with Gasteiger partial charge in [0.25, 0.3) is 5.89 Å². The van der Waals surface area contributed by atoms with Crippen molar-refractivity contribution < 1.29 is 4.52 Å². The van der Waals surface area contributed by atoms with Crippen LogP contribution in [0.1, 0.15) is 49.4 Å². The molecule has 1 aliphatic heterocycles. The first-order valence-electron chi connectivity index (χ1n) is 10.3. The summed E-state index contributed by atoms with van der Waals surface area (Å²) >= 11 is 12.6. The lowest BCUT2D eigenvalue weighted by atomic mass is 9.89. The van der Waals surface area contributed by atoms with Gasteiger partial charge in [0.05, 0.1) is 5.69 Å². The third-order valence-corrected chi connectivity index (χ3v) is 6.39. The van der Waals surface area contributed by atoms with Crippen molar-refractivity contribution in [2.75, 3.05) is 23.3 Å². The van der Waals surface area contributed by atoms with Crippen molar-refractivity contribution in [2.45, 2.75) is 44.6 Å². The van der Waals surface area contributed by atoms with E-state index in [4.69, 9.17) is 27.7 Å². The molecular formula is C21H22Cl2N6O. The highest BCUT2D eigenvalue weighted by atomic mass is 35.5. The van der Waals surface area contributed by atoms with Crippen molar-refractivity contribution in [3.05, 3.63) is 45.7 Å². The number of anilines is 2. The highest BCUT2D eigenvalue weighted by Gasteiger charge is 2.24. The molecule has 1 fully saturated rings. The van der Waals surface area contributed by atoms with Gasteiger partial charge in [-0.05, 0) is 42.7 Å². The summed E-state index contributed by atoms with van der Waals surface area (Å²) in [5, 5.41) is 17.5. The maximum Gasteiger partial charge on any atom is 0.278 e. The molecule has 0 saturated heterocycles. The van der Waals surface area contributed by atoms with Gasteiger partial charge in [-0.25, -0.2) is 0 Å². The van der Waals surface area contributed by atoms with E-state index in [-0.39, 0.29) is 0 Å². The van der Waals surface area contributed by atoms with Gasteiger partial charge < -0.3 is 14.7 Å². The summed E-state index contributed by atoms with van der Waals surface area (Å²) in [7, 11) is 0. The Morgan fingerprint density at radius 2 is 1.97 bits per heavy atom. The Bertz CT molecular complexity index is 1050. The molecule has 0 unspecified atom stereocenters. The number of hydrogen-bond acceptors (Lipinski definition) is 7. The number of hydrogen-bond donors (Lipinski definition) is 1. The molecule has 2 aromatic heterocycles. The number of rotatable bonds is 4. The molecule has 1 N–H and O–H groups in total. The van der Waals surface area contributed by atoms with Gasteiger partial charge in [-0.15, -0.1) is 10.2 Å². The zero-order valence-corrected chi connectivity index (χ0v) is 18.0. The topological polar surface area (TPSA) is 80.0 Å². The lowest BCUT2D eigenvalue weighted by molar-refractivity contribution is 0.384. The molecule has 0 bridgehead atoms. The second kappa shape index (κ2) is 8.40. The van der Waals surface area contributed by atoms with E-state index in [9.17, 15) is 0 Å². The van der Waals surface area contributed by atoms with Gasteiger partial charge in [0, 0.05) is 35.6 Å². The Morgan fingerprint density at radius 3 is 2.83 bits per heavy atom. The zero-order chi connectivity index (χ0) is 20.5. The van der Waals surface area contributed by atoms with Crippen LogP contribution < -0.4 is 10.2 Å². The van der Waals surface area contributed by atoms with Crippen LogP contribution >= 0.6 is 23.2 Å². The lowest BCUT2D eigenvalue weighted by Crippen LogP contribution is -2.34. The quantitative estimate of drug-likeness (QED) is 0.583. The van der Waals surface area contributed by atoms with Crippen LogP contribution in [0.25, 0.3) is 11.6 Å². The first-order chi connectivity index (χ1) is 14.7. The van der Waals surface area contributed by atoms with E-state index in [1.54, 1.807) is 6.07 Å². The van der Waals surface area contributed by atoms with Crippen molar-refractivity contribution in [2.24, 2.45) is 0 Å². The van der Waals surface area contributed by atoms with Crippen LogP contribution in [-0.2, 0) is 6.54 Å². The minimum Gasteiger partial charge on any atom is -0.365 e. The molecule has 5 rings (SSSR count). The van der Waals surface area contributed by atoms with Crippen molar-refractivity contribution in [1.82, 2.24) is 20.3 Å². The number of halogens is 2. The van der Waals surface area contributed by atoms with E-state index in [1.807, 2.05) is 18.2 Å². The summed E-state index contributed by atoms with van der Waals surface area (Å²) in [5.41, 5.74) is 2.47. The average molecular weight is 445 g/mol. The molecule has 3 heterocycles. The Hall–Kier alpha value is -2.38. The summed E-state index contributed by atoms with van der Waals surface area (Å²) < 4.78 is 5.54. The van der Waals surface area contributed by atoms with E-state index in [1.165, 1.54) is 19.3 Å². The van der Waals surface area contributed by atoms with E-state index < -0.39 is 0 Å². The van der Waals surface area contributed by atoms with Crippen molar-refractivity contribution >= 4 is 34.7 Å². The molecule has 0 amide bonds. The van der Waals surface area contributed by atoms with Gasteiger partial charge >= 0.3 is 0 Å². The highest BCUT2D eigenvalue weighted by molar-refractivity contribution is 6.33. The molecule has 156 valence electrons. The fourth-order valence-electron chi connectivity index (χ4n) is 4.18. The Balaban J connectivity index is 1.42. The normalized spacial score (nSPS) is 16.9. The zero-order valence-electron chi connectivity index (χ0n) is 16.4. The number of aromatic nitrogens is 4. The van der Waals surface area contributed by atoms with Crippen LogP contribution in [0.4, 0.5) is 11.5 Å². The third-order valence-electron chi connectivity index (χ3n) is 5.79. The predicted molar refractivity (Wildman–Crippen MR) is 117 cm³/mol. The minimum atomic E-state index is 0.380. The van der Waals surface area contributed by atoms with Gasteiger partial charge in [0.2, 0.25) is 0 Å². The molecule has 0 radical (unpaired) electrons.